The number of hydrogen-bond donors (Lipinski definition) is 1. The molecule has 1 heterocycles. The highest BCUT2D eigenvalue weighted by atomic mass is 16.2. The predicted molar refractivity (Wildman–Crippen MR) is 108 cm³/mol. The molecule has 1 fully saturated rings. The molecule has 0 aliphatic carbocycles. The first-order chi connectivity index (χ1) is 12.9. The van der Waals surface area contributed by atoms with Crippen LogP contribution in [0.3, 0.4) is 0 Å². The summed E-state index contributed by atoms with van der Waals surface area (Å²) in [6.07, 6.45) is 0. The molecule has 0 saturated carbocycles. The van der Waals surface area contributed by atoms with Crippen LogP contribution in [-0.4, -0.2) is 54.8 Å². The van der Waals surface area contributed by atoms with Crippen molar-refractivity contribution in [2.45, 2.75) is 19.8 Å². The highest BCUT2D eigenvalue weighted by molar-refractivity contribution is 6.06. The van der Waals surface area contributed by atoms with Crippen LogP contribution in [0.5, 0.6) is 0 Å². The average Bonchev–Trinajstić information content (AvgIpc) is 2.68. The number of hydrogen-bond acceptors (Lipinski definition) is 3. The first-order valence-electron chi connectivity index (χ1n) is 9.43. The van der Waals surface area contributed by atoms with Crippen molar-refractivity contribution < 1.29 is 9.59 Å². The lowest BCUT2D eigenvalue weighted by Gasteiger charge is -2.32. The van der Waals surface area contributed by atoms with Crippen LogP contribution < -0.4 is 5.32 Å². The van der Waals surface area contributed by atoms with Gasteiger partial charge >= 0.3 is 0 Å². The normalized spacial score (nSPS) is 15.0. The van der Waals surface area contributed by atoms with Crippen LogP contribution in [0.1, 0.15) is 46.0 Å². The van der Waals surface area contributed by atoms with E-state index in [9.17, 15) is 9.59 Å². The number of anilines is 1. The number of nitrogens with zero attached hydrogens (tertiary/aromatic N) is 2. The summed E-state index contributed by atoms with van der Waals surface area (Å²) < 4.78 is 0. The van der Waals surface area contributed by atoms with Crippen LogP contribution in [0.4, 0.5) is 5.69 Å². The number of amides is 2. The van der Waals surface area contributed by atoms with Gasteiger partial charge in [0.1, 0.15) is 0 Å². The van der Waals surface area contributed by atoms with Crippen molar-refractivity contribution in [1.82, 2.24) is 9.80 Å². The summed E-state index contributed by atoms with van der Waals surface area (Å²) in [5.41, 5.74) is 3.03. The van der Waals surface area contributed by atoms with Gasteiger partial charge in [0.2, 0.25) is 0 Å². The SMILES string of the molecule is CC(C)c1ccc(NC(=O)c2cccc(C(=O)N3CCN(C)CC3)c2)cc1. The van der Waals surface area contributed by atoms with Gasteiger partial charge in [0, 0.05) is 43.0 Å². The minimum Gasteiger partial charge on any atom is -0.336 e. The van der Waals surface area contributed by atoms with Crippen molar-refractivity contribution in [3.8, 4) is 0 Å². The Labute approximate surface area is 161 Å². The zero-order valence-electron chi connectivity index (χ0n) is 16.2. The predicted octanol–water partition coefficient (Wildman–Crippen LogP) is 3.45. The minimum atomic E-state index is -0.208. The molecule has 5 heteroatoms. The van der Waals surface area contributed by atoms with Gasteiger partial charge in [0.05, 0.1) is 0 Å². The monoisotopic (exact) mass is 365 g/mol. The number of carbonyl (C=O) groups excluding carboxylic acids is 2. The quantitative estimate of drug-likeness (QED) is 0.903. The van der Waals surface area contributed by atoms with Crippen molar-refractivity contribution in [2.24, 2.45) is 0 Å². The summed E-state index contributed by atoms with van der Waals surface area (Å²) in [6, 6.07) is 14.8. The van der Waals surface area contributed by atoms with Crippen molar-refractivity contribution in [3.63, 3.8) is 0 Å². The van der Waals surface area contributed by atoms with E-state index in [0.717, 1.165) is 18.8 Å². The molecule has 2 aromatic rings. The molecule has 1 aliphatic rings. The van der Waals surface area contributed by atoms with Gasteiger partial charge in [-0.15, -0.1) is 0 Å². The molecule has 3 rings (SSSR count). The molecular formula is C22H27N3O2. The van der Waals surface area contributed by atoms with Gasteiger partial charge in [-0.3, -0.25) is 9.59 Å². The molecule has 2 amide bonds. The van der Waals surface area contributed by atoms with E-state index < -0.39 is 0 Å². The zero-order chi connectivity index (χ0) is 19.4. The third-order valence-corrected chi connectivity index (χ3v) is 5.00. The van der Waals surface area contributed by atoms with Crippen LogP contribution in [0, 0.1) is 0 Å². The van der Waals surface area contributed by atoms with Gasteiger partial charge in [-0.25, -0.2) is 0 Å². The summed E-state index contributed by atoms with van der Waals surface area (Å²) in [6.45, 7) is 7.45. The number of rotatable bonds is 4. The first kappa shape index (κ1) is 19.1. The Bertz CT molecular complexity index is 807. The third kappa shape index (κ3) is 4.74. The van der Waals surface area contributed by atoms with Crippen LogP contribution in [0.2, 0.25) is 0 Å². The lowest BCUT2D eigenvalue weighted by molar-refractivity contribution is 0.0664. The fourth-order valence-corrected chi connectivity index (χ4v) is 3.14. The first-order valence-corrected chi connectivity index (χ1v) is 9.43. The molecule has 0 atom stereocenters. The second-order valence-electron chi connectivity index (χ2n) is 7.41. The number of likely N-dealkylation sites (N-methyl/N-ethyl adjacent to an activating group) is 1. The standard InChI is InChI=1S/C22H27N3O2/c1-16(2)17-7-9-20(10-8-17)23-21(26)18-5-4-6-19(15-18)22(27)25-13-11-24(3)12-14-25/h4-10,15-16H,11-14H2,1-3H3,(H,23,26). The molecule has 142 valence electrons. The molecule has 2 aromatic carbocycles. The molecule has 1 aliphatic heterocycles. The summed E-state index contributed by atoms with van der Waals surface area (Å²) in [5, 5.41) is 2.91. The number of carbonyl (C=O) groups is 2. The van der Waals surface area contributed by atoms with Crippen LogP contribution in [0.15, 0.2) is 48.5 Å². The Morgan fingerprint density at radius 2 is 1.56 bits per heavy atom. The summed E-state index contributed by atoms with van der Waals surface area (Å²) >= 11 is 0. The topological polar surface area (TPSA) is 52.7 Å². The van der Waals surface area contributed by atoms with Crippen molar-refractivity contribution in [3.05, 3.63) is 65.2 Å². The van der Waals surface area contributed by atoms with Crippen LogP contribution in [0.25, 0.3) is 0 Å². The van der Waals surface area contributed by atoms with Gasteiger partial charge < -0.3 is 15.1 Å². The Morgan fingerprint density at radius 3 is 2.19 bits per heavy atom. The Kier molecular flexibility index (Phi) is 5.91. The van der Waals surface area contributed by atoms with E-state index in [0.29, 0.717) is 30.1 Å². The van der Waals surface area contributed by atoms with Gasteiger partial charge in [0.25, 0.3) is 11.8 Å². The van der Waals surface area contributed by atoms with Gasteiger partial charge in [-0.1, -0.05) is 32.0 Å². The summed E-state index contributed by atoms with van der Waals surface area (Å²) in [5.74, 6) is 0.228. The molecule has 0 unspecified atom stereocenters. The average molecular weight is 365 g/mol. The van der Waals surface area contributed by atoms with Gasteiger partial charge in [-0.05, 0) is 48.9 Å². The van der Waals surface area contributed by atoms with Crippen molar-refractivity contribution in [1.29, 1.82) is 0 Å². The van der Waals surface area contributed by atoms with E-state index in [1.54, 1.807) is 24.3 Å². The molecule has 0 radical (unpaired) electrons. The Morgan fingerprint density at radius 1 is 0.926 bits per heavy atom. The lowest BCUT2D eigenvalue weighted by atomic mass is 10.0. The lowest BCUT2D eigenvalue weighted by Crippen LogP contribution is -2.47. The maximum Gasteiger partial charge on any atom is 0.255 e. The fraction of sp³-hybridized carbons (Fsp3) is 0.364. The van der Waals surface area contributed by atoms with E-state index in [2.05, 4.69) is 31.1 Å². The smallest absolute Gasteiger partial charge is 0.255 e. The van der Waals surface area contributed by atoms with Gasteiger partial charge in [0.15, 0.2) is 0 Å². The summed E-state index contributed by atoms with van der Waals surface area (Å²) in [7, 11) is 2.06. The molecule has 0 aromatic heterocycles. The van der Waals surface area contributed by atoms with E-state index in [1.165, 1.54) is 5.56 Å². The fourth-order valence-electron chi connectivity index (χ4n) is 3.14. The third-order valence-electron chi connectivity index (χ3n) is 5.00. The largest absolute Gasteiger partial charge is 0.336 e. The van der Waals surface area contributed by atoms with Gasteiger partial charge in [-0.2, -0.15) is 0 Å². The Balaban J connectivity index is 1.69. The molecule has 1 saturated heterocycles. The van der Waals surface area contributed by atoms with Crippen molar-refractivity contribution >= 4 is 17.5 Å². The Hall–Kier alpha value is -2.66. The molecule has 1 N–H and O–H groups in total. The molecule has 0 spiro atoms. The zero-order valence-corrected chi connectivity index (χ0v) is 16.2. The summed E-state index contributed by atoms with van der Waals surface area (Å²) in [4.78, 5) is 29.4. The molecule has 27 heavy (non-hydrogen) atoms. The van der Waals surface area contributed by atoms with E-state index in [1.807, 2.05) is 29.2 Å². The highest BCUT2D eigenvalue weighted by Crippen LogP contribution is 2.18. The van der Waals surface area contributed by atoms with Crippen LogP contribution >= 0.6 is 0 Å². The minimum absolute atomic E-state index is 0.0148. The molecular weight excluding hydrogens is 338 g/mol. The van der Waals surface area contributed by atoms with E-state index in [-0.39, 0.29) is 11.8 Å². The molecule has 0 bridgehead atoms. The number of piperazine rings is 1. The van der Waals surface area contributed by atoms with E-state index >= 15 is 0 Å². The number of benzene rings is 2. The second-order valence-corrected chi connectivity index (χ2v) is 7.41. The maximum atomic E-state index is 12.7. The highest BCUT2D eigenvalue weighted by Gasteiger charge is 2.21. The maximum absolute atomic E-state index is 12.7. The van der Waals surface area contributed by atoms with E-state index in [4.69, 9.17) is 0 Å². The number of nitrogens with one attached hydrogen (secondary N) is 1. The second kappa shape index (κ2) is 8.35. The van der Waals surface area contributed by atoms with Crippen LogP contribution in [-0.2, 0) is 0 Å². The molecule has 5 nitrogen and oxygen atoms in total. The van der Waals surface area contributed by atoms with Crippen molar-refractivity contribution in [2.75, 3.05) is 38.5 Å².